The molecule has 1 aliphatic carbocycles. The highest BCUT2D eigenvalue weighted by atomic mass is 19.3. The van der Waals surface area contributed by atoms with Crippen molar-refractivity contribution in [2.24, 2.45) is 26.8 Å². The monoisotopic (exact) mass is 558 g/mol. The number of hydrogen-bond donors (Lipinski definition) is 3. The first kappa shape index (κ1) is 27.1. The minimum absolute atomic E-state index is 0.0258. The lowest BCUT2D eigenvalue weighted by Gasteiger charge is -2.17. The van der Waals surface area contributed by atoms with Gasteiger partial charge in [0, 0.05) is 52.8 Å². The number of nitrogens with one attached hydrogen (secondary N) is 1. The van der Waals surface area contributed by atoms with Crippen LogP contribution in [0.25, 0.3) is 0 Å². The molecule has 6 rings (SSSR count). The van der Waals surface area contributed by atoms with Gasteiger partial charge in [-0.25, -0.2) is 23.8 Å². The van der Waals surface area contributed by atoms with Gasteiger partial charge in [0.15, 0.2) is 0 Å². The number of fused-ring (bicyclic) bond motifs is 5. The first-order valence-electron chi connectivity index (χ1n) is 14.0. The lowest BCUT2D eigenvalue weighted by Crippen LogP contribution is -2.15. The van der Waals surface area contributed by atoms with Crippen LogP contribution in [-0.4, -0.2) is 39.7 Å². The molecule has 3 N–H and O–H groups in total. The summed E-state index contributed by atoms with van der Waals surface area (Å²) in [4.78, 5) is 26.0. The summed E-state index contributed by atoms with van der Waals surface area (Å²) >= 11 is 0. The molecular weight excluding hydrogens is 526 g/mol. The van der Waals surface area contributed by atoms with Crippen LogP contribution in [0.1, 0.15) is 60.3 Å². The van der Waals surface area contributed by atoms with Gasteiger partial charge in [-0.05, 0) is 74.1 Å². The third-order valence-corrected chi connectivity index (χ3v) is 8.99. The molecule has 7 nitrogen and oxygen atoms in total. The van der Waals surface area contributed by atoms with Crippen LogP contribution in [-0.2, 0) is 4.79 Å². The van der Waals surface area contributed by atoms with E-state index in [4.69, 9.17) is 9.98 Å². The van der Waals surface area contributed by atoms with Crippen molar-refractivity contribution < 1.29 is 23.8 Å². The Hall–Kier alpha value is -4.14. The number of nitrogens with zero attached hydrogens (tertiary/aromatic N) is 3. The predicted molar refractivity (Wildman–Crippen MR) is 155 cm³/mol. The van der Waals surface area contributed by atoms with E-state index in [9.17, 15) is 23.8 Å². The van der Waals surface area contributed by atoms with Crippen LogP contribution in [0, 0.1) is 11.8 Å². The van der Waals surface area contributed by atoms with Gasteiger partial charge in [-0.3, -0.25) is 4.79 Å². The van der Waals surface area contributed by atoms with E-state index in [1.807, 2.05) is 33.8 Å². The van der Waals surface area contributed by atoms with E-state index in [0.717, 1.165) is 33.7 Å². The van der Waals surface area contributed by atoms with Crippen molar-refractivity contribution in [1.82, 2.24) is 5.32 Å². The average molecular weight is 559 g/mol. The van der Waals surface area contributed by atoms with Gasteiger partial charge in [-0.1, -0.05) is 13.8 Å². The highest BCUT2D eigenvalue weighted by Crippen LogP contribution is 2.46. The van der Waals surface area contributed by atoms with Gasteiger partial charge in [0.1, 0.15) is 5.76 Å². The second-order valence-electron chi connectivity index (χ2n) is 11.3. The van der Waals surface area contributed by atoms with Crippen LogP contribution < -0.4 is 5.32 Å². The summed E-state index contributed by atoms with van der Waals surface area (Å²) in [6.07, 6.45) is 3.96. The van der Waals surface area contributed by atoms with Crippen LogP contribution in [0.3, 0.4) is 0 Å². The molecule has 2 atom stereocenters. The molecule has 0 aromatic rings. The van der Waals surface area contributed by atoms with Crippen molar-refractivity contribution in [3.63, 3.8) is 0 Å². The molecule has 1 fully saturated rings. The molecule has 5 aliphatic heterocycles. The fourth-order valence-electron chi connectivity index (χ4n) is 6.68. The Morgan fingerprint density at radius 3 is 2.44 bits per heavy atom. The molecule has 0 amide bonds. The Kier molecular flexibility index (Phi) is 6.43. The number of alkyl halides is 2. The SMILES string of the molecule is CCC1=C(C)C2=NC1=CC1=C(C)C3=C(O)CC(=C4NC(=CC5=NC(=C2)C(C(F)F)=C5C)[C@@H](C)[C@@H]4CCC(=O)O)C3=N1. The van der Waals surface area contributed by atoms with Crippen LogP contribution in [0.2, 0.25) is 0 Å². The summed E-state index contributed by atoms with van der Waals surface area (Å²) < 4.78 is 28.8. The van der Waals surface area contributed by atoms with E-state index in [0.29, 0.717) is 52.5 Å². The zero-order valence-corrected chi connectivity index (χ0v) is 23.7. The maximum Gasteiger partial charge on any atom is 0.303 e. The van der Waals surface area contributed by atoms with Gasteiger partial charge < -0.3 is 15.5 Å². The number of aliphatic carboxylic acids is 1. The number of aliphatic hydroxyl groups excluding tert-OH is 1. The number of halogens is 2. The largest absolute Gasteiger partial charge is 0.511 e. The first-order chi connectivity index (χ1) is 19.5. The number of carbonyl (C=O) groups is 1. The van der Waals surface area contributed by atoms with Gasteiger partial charge in [-0.15, -0.1) is 0 Å². The minimum atomic E-state index is -2.71. The maximum atomic E-state index is 14.4. The number of aliphatic imine (C=N–C) groups is 3. The van der Waals surface area contributed by atoms with Crippen molar-refractivity contribution in [3.05, 3.63) is 91.5 Å². The van der Waals surface area contributed by atoms with E-state index in [2.05, 4.69) is 10.3 Å². The second kappa shape index (κ2) is 9.75. The van der Waals surface area contributed by atoms with Crippen molar-refractivity contribution in [3.8, 4) is 0 Å². The number of aliphatic hydroxyl groups is 1. The fraction of sp³-hybridized carbons (Fsp3) is 0.375. The van der Waals surface area contributed by atoms with Gasteiger partial charge in [0.2, 0.25) is 0 Å². The van der Waals surface area contributed by atoms with Crippen molar-refractivity contribution in [2.45, 2.75) is 66.7 Å². The minimum Gasteiger partial charge on any atom is -0.511 e. The topological polar surface area (TPSA) is 107 Å². The van der Waals surface area contributed by atoms with Gasteiger partial charge in [-0.2, -0.15) is 0 Å². The normalized spacial score (nSPS) is 25.3. The Labute approximate surface area is 237 Å². The Morgan fingerprint density at radius 1 is 1.05 bits per heavy atom. The van der Waals surface area contributed by atoms with Gasteiger partial charge >= 0.3 is 5.97 Å². The van der Waals surface area contributed by atoms with Gasteiger partial charge in [0.05, 0.1) is 34.2 Å². The average Bonchev–Trinajstić information content (AvgIpc) is 3.65. The molecule has 0 radical (unpaired) electrons. The number of hydrogen-bond acceptors (Lipinski definition) is 6. The third-order valence-electron chi connectivity index (χ3n) is 8.99. The molecule has 9 heteroatoms. The number of carboxylic acids is 1. The zero-order chi connectivity index (χ0) is 29.3. The Morgan fingerprint density at radius 2 is 1.76 bits per heavy atom. The molecule has 0 unspecified atom stereocenters. The molecule has 1 saturated heterocycles. The van der Waals surface area contributed by atoms with Crippen molar-refractivity contribution >= 4 is 23.1 Å². The molecule has 41 heavy (non-hydrogen) atoms. The highest BCUT2D eigenvalue weighted by molar-refractivity contribution is 6.21. The van der Waals surface area contributed by atoms with E-state index >= 15 is 0 Å². The fourth-order valence-corrected chi connectivity index (χ4v) is 6.68. The van der Waals surface area contributed by atoms with E-state index in [-0.39, 0.29) is 41.7 Å². The molecule has 0 aromatic heterocycles. The molecule has 0 aromatic carbocycles. The lowest BCUT2D eigenvalue weighted by atomic mass is 9.86. The molecule has 5 heterocycles. The second-order valence-corrected chi connectivity index (χ2v) is 11.3. The quantitative estimate of drug-likeness (QED) is 0.345. The highest BCUT2D eigenvalue weighted by Gasteiger charge is 2.41. The van der Waals surface area contributed by atoms with Crippen LogP contribution in [0.5, 0.6) is 0 Å². The van der Waals surface area contributed by atoms with Crippen LogP contribution in [0.4, 0.5) is 8.78 Å². The van der Waals surface area contributed by atoms with Gasteiger partial charge in [0.25, 0.3) is 6.43 Å². The predicted octanol–water partition coefficient (Wildman–Crippen LogP) is 6.79. The molecule has 0 saturated carbocycles. The van der Waals surface area contributed by atoms with E-state index in [1.165, 1.54) is 0 Å². The van der Waals surface area contributed by atoms with Crippen molar-refractivity contribution in [2.75, 3.05) is 0 Å². The summed E-state index contributed by atoms with van der Waals surface area (Å²) in [7, 11) is 0. The van der Waals surface area contributed by atoms with Crippen LogP contribution in [0.15, 0.2) is 106 Å². The van der Waals surface area contributed by atoms with E-state index < -0.39 is 12.4 Å². The molecule has 212 valence electrons. The standard InChI is InChI=1S/C32H32F2N4O3/c1-6-17-13(2)20-12-25-28(32(33)34)15(4)22(36-25)10-21-14(3)18(7-8-27(40)41)30(37-21)19-9-26(39)29-16(5)23(38-31(19)29)11-24(17)35-20/h10-12,14,18,32,37,39H,6-9H2,1-5H3,(H,40,41)/t14-,18-/m0/s1. The smallest absolute Gasteiger partial charge is 0.303 e. The Bertz CT molecular complexity index is 1670. The first-order valence-corrected chi connectivity index (χ1v) is 14.0. The number of carboxylic acid groups (broad SMARTS) is 1. The molecule has 8 bridgehead atoms. The Balaban J connectivity index is 1.62. The number of rotatable bonds is 5. The molecule has 6 aliphatic rings. The van der Waals surface area contributed by atoms with Crippen LogP contribution >= 0.6 is 0 Å². The molecular formula is C32H32F2N4O3. The summed E-state index contributed by atoms with van der Waals surface area (Å²) in [5, 5.41) is 24.0. The zero-order valence-electron chi connectivity index (χ0n) is 23.7. The summed E-state index contributed by atoms with van der Waals surface area (Å²) in [6.45, 7) is 9.55. The third kappa shape index (κ3) is 4.21. The number of allylic oxidation sites excluding steroid dienone is 12. The summed E-state index contributed by atoms with van der Waals surface area (Å²) in [5.41, 5.74) is 9.48. The maximum absolute atomic E-state index is 14.4. The molecule has 0 spiro atoms. The summed E-state index contributed by atoms with van der Waals surface area (Å²) in [6, 6.07) is 0. The van der Waals surface area contributed by atoms with Crippen molar-refractivity contribution in [1.29, 1.82) is 0 Å². The lowest BCUT2D eigenvalue weighted by molar-refractivity contribution is -0.137. The summed E-state index contributed by atoms with van der Waals surface area (Å²) in [5.74, 6) is -0.979. The van der Waals surface area contributed by atoms with E-state index in [1.54, 1.807) is 19.1 Å².